The number of anilines is 2. The van der Waals surface area contributed by atoms with Crippen molar-refractivity contribution in [2.75, 3.05) is 17.6 Å². The van der Waals surface area contributed by atoms with Crippen LogP contribution >= 0.6 is 22.9 Å². The zero-order valence-electron chi connectivity index (χ0n) is 8.48. The molecule has 0 aliphatic rings. The number of aromatic nitrogens is 2. The van der Waals surface area contributed by atoms with Crippen LogP contribution in [0.1, 0.15) is 4.88 Å². The van der Waals surface area contributed by atoms with Crippen LogP contribution in [0.25, 0.3) is 0 Å². The number of halogens is 1. The monoisotopic (exact) mass is 254 g/mol. The Balaban J connectivity index is 1.92. The van der Waals surface area contributed by atoms with Crippen LogP contribution in [0.4, 0.5) is 11.5 Å². The molecule has 16 heavy (non-hydrogen) atoms. The van der Waals surface area contributed by atoms with E-state index in [0.29, 0.717) is 11.5 Å². The Kier molecular flexibility index (Phi) is 3.58. The van der Waals surface area contributed by atoms with Gasteiger partial charge in [0.15, 0.2) is 5.82 Å². The largest absolute Gasteiger partial charge is 0.394 e. The highest BCUT2D eigenvalue weighted by molar-refractivity contribution is 7.09. The van der Waals surface area contributed by atoms with Gasteiger partial charge in [0, 0.05) is 11.4 Å². The van der Waals surface area contributed by atoms with E-state index in [1.807, 2.05) is 6.07 Å². The lowest BCUT2D eigenvalue weighted by molar-refractivity contribution is 1.02. The van der Waals surface area contributed by atoms with E-state index in [0.717, 1.165) is 13.0 Å². The third-order valence-electron chi connectivity index (χ3n) is 2.03. The van der Waals surface area contributed by atoms with Crippen molar-refractivity contribution in [3.63, 3.8) is 0 Å². The Morgan fingerprint density at radius 1 is 1.50 bits per heavy atom. The molecule has 2 aromatic rings. The summed E-state index contributed by atoms with van der Waals surface area (Å²) in [5.74, 6) is 0.594. The average Bonchev–Trinajstić information content (AvgIpc) is 2.76. The molecular formula is C10H11ClN4S. The molecule has 3 N–H and O–H groups in total. The lowest BCUT2D eigenvalue weighted by Crippen LogP contribution is -2.08. The van der Waals surface area contributed by atoms with Crippen LogP contribution in [0.3, 0.4) is 0 Å². The van der Waals surface area contributed by atoms with E-state index in [4.69, 9.17) is 17.3 Å². The van der Waals surface area contributed by atoms with Crippen LogP contribution < -0.4 is 11.1 Å². The van der Waals surface area contributed by atoms with Crippen molar-refractivity contribution in [3.05, 3.63) is 33.9 Å². The second kappa shape index (κ2) is 5.14. The fourth-order valence-electron chi connectivity index (χ4n) is 1.27. The summed E-state index contributed by atoms with van der Waals surface area (Å²) in [6, 6.07) is 4.14. The summed E-state index contributed by atoms with van der Waals surface area (Å²) in [5, 5.41) is 5.40. The van der Waals surface area contributed by atoms with Crippen LogP contribution in [-0.4, -0.2) is 16.5 Å². The maximum absolute atomic E-state index is 5.71. The number of nitrogens with zero attached hydrogens (tertiary/aromatic N) is 2. The van der Waals surface area contributed by atoms with E-state index in [-0.39, 0.29) is 5.28 Å². The Hall–Kier alpha value is -1.33. The molecule has 2 rings (SSSR count). The van der Waals surface area contributed by atoms with E-state index >= 15 is 0 Å². The van der Waals surface area contributed by atoms with Gasteiger partial charge in [-0.05, 0) is 29.5 Å². The van der Waals surface area contributed by atoms with Crippen LogP contribution in [0.15, 0.2) is 23.7 Å². The molecule has 0 aromatic carbocycles. The molecule has 2 aromatic heterocycles. The number of hydrogen-bond acceptors (Lipinski definition) is 5. The van der Waals surface area contributed by atoms with Crippen molar-refractivity contribution >= 4 is 34.4 Å². The molecule has 0 saturated carbocycles. The SMILES string of the molecule is Nc1cnc(Cl)nc1NCCc1cccs1. The molecule has 6 heteroatoms. The van der Waals surface area contributed by atoms with E-state index in [9.17, 15) is 0 Å². The van der Waals surface area contributed by atoms with Gasteiger partial charge < -0.3 is 11.1 Å². The molecule has 84 valence electrons. The van der Waals surface area contributed by atoms with Gasteiger partial charge in [0.2, 0.25) is 5.28 Å². The number of thiophene rings is 1. The molecule has 0 bridgehead atoms. The summed E-state index contributed by atoms with van der Waals surface area (Å²) in [5.41, 5.74) is 6.22. The number of nitrogen functional groups attached to an aromatic ring is 1. The minimum Gasteiger partial charge on any atom is -0.394 e. The molecule has 4 nitrogen and oxygen atoms in total. The Labute approximate surface area is 102 Å². The summed E-state index contributed by atoms with van der Waals surface area (Å²) in [6.07, 6.45) is 2.45. The van der Waals surface area contributed by atoms with Gasteiger partial charge in [-0.15, -0.1) is 11.3 Å². The van der Waals surface area contributed by atoms with Crippen LogP contribution in [0, 0.1) is 0 Å². The maximum Gasteiger partial charge on any atom is 0.224 e. The van der Waals surface area contributed by atoms with Gasteiger partial charge in [0.1, 0.15) is 0 Å². The smallest absolute Gasteiger partial charge is 0.224 e. The highest BCUT2D eigenvalue weighted by Crippen LogP contribution is 2.16. The van der Waals surface area contributed by atoms with Gasteiger partial charge in [-0.2, -0.15) is 4.98 Å². The Morgan fingerprint density at radius 3 is 3.12 bits per heavy atom. The van der Waals surface area contributed by atoms with E-state index in [1.165, 1.54) is 11.1 Å². The molecule has 0 unspecified atom stereocenters. The van der Waals surface area contributed by atoms with Crippen LogP contribution in [0.5, 0.6) is 0 Å². The molecule has 0 aliphatic carbocycles. The molecule has 0 fully saturated rings. The first-order chi connectivity index (χ1) is 7.75. The second-order valence-corrected chi connectivity index (χ2v) is 4.57. The highest BCUT2D eigenvalue weighted by Gasteiger charge is 2.02. The molecular weight excluding hydrogens is 244 g/mol. The third kappa shape index (κ3) is 2.84. The summed E-state index contributed by atoms with van der Waals surface area (Å²) < 4.78 is 0. The molecule has 0 atom stereocenters. The zero-order valence-corrected chi connectivity index (χ0v) is 10.1. The van der Waals surface area contributed by atoms with Crippen LogP contribution in [0.2, 0.25) is 5.28 Å². The normalized spacial score (nSPS) is 10.3. The number of rotatable bonds is 4. The molecule has 0 amide bonds. The third-order valence-corrected chi connectivity index (χ3v) is 3.15. The van der Waals surface area contributed by atoms with Gasteiger partial charge in [-0.1, -0.05) is 6.07 Å². The molecule has 0 spiro atoms. The summed E-state index contributed by atoms with van der Waals surface area (Å²) in [6.45, 7) is 0.776. The predicted octanol–water partition coefficient (Wildman–Crippen LogP) is 2.43. The lowest BCUT2D eigenvalue weighted by atomic mass is 10.3. The highest BCUT2D eigenvalue weighted by atomic mass is 35.5. The van der Waals surface area contributed by atoms with Crippen molar-refractivity contribution in [2.24, 2.45) is 0 Å². The van der Waals surface area contributed by atoms with Gasteiger partial charge in [0.25, 0.3) is 0 Å². The molecule has 0 saturated heterocycles. The van der Waals surface area contributed by atoms with Gasteiger partial charge >= 0.3 is 0 Å². The lowest BCUT2D eigenvalue weighted by Gasteiger charge is -2.06. The fraction of sp³-hybridized carbons (Fsp3) is 0.200. The summed E-state index contributed by atoms with van der Waals surface area (Å²) in [4.78, 5) is 9.13. The van der Waals surface area contributed by atoms with Gasteiger partial charge in [-0.25, -0.2) is 4.98 Å². The van der Waals surface area contributed by atoms with Crippen molar-refractivity contribution in [3.8, 4) is 0 Å². The number of hydrogen-bond donors (Lipinski definition) is 2. The van der Waals surface area contributed by atoms with E-state index in [1.54, 1.807) is 11.3 Å². The quantitative estimate of drug-likeness (QED) is 0.823. The van der Waals surface area contributed by atoms with Crippen LogP contribution in [-0.2, 0) is 6.42 Å². The van der Waals surface area contributed by atoms with Gasteiger partial charge in [0.05, 0.1) is 11.9 Å². The number of nitrogens with two attached hydrogens (primary N) is 1. The first-order valence-corrected chi connectivity index (χ1v) is 6.06. The summed E-state index contributed by atoms with van der Waals surface area (Å²) >= 11 is 7.41. The van der Waals surface area contributed by atoms with Crippen molar-refractivity contribution in [1.29, 1.82) is 0 Å². The summed E-state index contributed by atoms with van der Waals surface area (Å²) in [7, 11) is 0. The van der Waals surface area contributed by atoms with Crippen molar-refractivity contribution in [1.82, 2.24) is 9.97 Å². The predicted molar refractivity (Wildman–Crippen MR) is 68.0 cm³/mol. The maximum atomic E-state index is 5.71. The van der Waals surface area contributed by atoms with E-state index < -0.39 is 0 Å². The topological polar surface area (TPSA) is 63.8 Å². The second-order valence-electron chi connectivity index (χ2n) is 3.20. The minimum atomic E-state index is 0.202. The molecule has 0 radical (unpaired) electrons. The van der Waals surface area contributed by atoms with E-state index in [2.05, 4.69) is 26.7 Å². The molecule has 2 heterocycles. The van der Waals surface area contributed by atoms with Crippen molar-refractivity contribution in [2.45, 2.75) is 6.42 Å². The first kappa shape index (κ1) is 11.2. The standard InChI is InChI=1S/C10H11ClN4S/c11-10-14-6-8(12)9(15-10)13-4-3-7-2-1-5-16-7/h1-2,5-6H,3-4,12H2,(H,13,14,15). The minimum absolute atomic E-state index is 0.202. The van der Waals surface area contributed by atoms with Crippen molar-refractivity contribution < 1.29 is 0 Å². The average molecular weight is 255 g/mol. The first-order valence-electron chi connectivity index (χ1n) is 4.80. The fourth-order valence-corrected chi connectivity index (χ4v) is 2.11. The zero-order chi connectivity index (χ0) is 11.4. The van der Waals surface area contributed by atoms with Gasteiger partial charge in [-0.3, -0.25) is 0 Å². The number of nitrogens with one attached hydrogen (secondary N) is 1. The molecule has 0 aliphatic heterocycles. The Bertz CT molecular complexity index is 458. The Morgan fingerprint density at radius 2 is 2.38 bits per heavy atom.